The molecule has 0 heterocycles. The molecule has 0 N–H and O–H groups in total. The Hall–Kier alpha value is -1.50. The normalized spacial score (nSPS) is 10.4. The molecule has 0 amide bonds. The average molecular weight is 424 g/mol. The van der Waals surface area contributed by atoms with Crippen molar-refractivity contribution in [3.63, 3.8) is 0 Å². The van der Waals surface area contributed by atoms with Crippen molar-refractivity contribution in [1.82, 2.24) is 0 Å². The van der Waals surface area contributed by atoms with E-state index in [1.165, 1.54) is 24.3 Å². The summed E-state index contributed by atoms with van der Waals surface area (Å²) in [5.74, 6) is -1.54. The van der Waals surface area contributed by atoms with Crippen LogP contribution in [0.15, 0.2) is 36.4 Å². The van der Waals surface area contributed by atoms with Crippen LogP contribution in [0.25, 0.3) is 0 Å². The number of benzene rings is 2. The lowest BCUT2D eigenvalue weighted by molar-refractivity contribution is -0.0931. The molecule has 0 unspecified atom stereocenters. The average Bonchev–Trinajstić information content (AvgIpc) is 2.54. The summed E-state index contributed by atoms with van der Waals surface area (Å²) in [5, 5.41) is 0.601. The summed E-state index contributed by atoms with van der Waals surface area (Å²) < 4.78 is 14.6. The van der Waals surface area contributed by atoms with Crippen LogP contribution >= 0.6 is 46.4 Å². The van der Waals surface area contributed by atoms with Gasteiger partial charge in [0.25, 0.3) is 0 Å². The topological polar surface area (TPSA) is 61.8 Å². The van der Waals surface area contributed by atoms with Crippen molar-refractivity contribution in [3.8, 4) is 0 Å². The number of halogens is 4. The maximum absolute atomic E-state index is 11.9. The molecule has 0 atom stereocenters. The van der Waals surface area contributed by atoms with Crippen LogP contribution in [0, 0.1) is 0 Å². The van der Waals surface area contributed by atoms with E-state index in [0.29, 0.717) is 0 Å². The highest BCUT2D eigenvalue weighted by Gasteiger charge is 2.17. The molecule has 0 bridgehead atoms. The lowest BCUT2D eigenvalue weighted by Crippen LogP contribution is -2.14. The quantitative estimate of drug-likeness (QED) is 0.361. The Kier molecular flexibility index (Phi) is 7.35. The van der Waals surface area contributed by atoms with Gasteiger partial charge in [-0.2, -0.15) is 0 Å². The van der Waals surface area contributed by atoms with E-state index in [4.69, 9.17) is 60.6 Å². The molecule has 2 rings (SSSR count). The van der Waals surface area contributed by atoms with E-state index in [1.807, 2.05) is 0 Å². The van der Waals surface area contributed by atoms with E-state index in [1.54, 1.807) is 12.1 Å². The van der Waals surface area contributed by atoms with E-state index in [0.717, 1.165) is 0 Å². The third-order valence-corrected chi connectivity index (χ3v) is 4.14. The number of rotatable bonds is 6. The molecule has 9 heteroatoms. The van der Waals surface area contributed by atoms with Crippen molar-refractivity contribution in [2.24, 2.45) is 0 Å². The second kappa shape index (κ2) is 9.27. The molecule has 0 radical (unpaired) electrons. The molecule has 2 aromatic rings. The Morgan fingerprint density at radius 1 is 0.680 bits per heavy atom. The lowest BCUT2D eigenvalue weighted by atomic mass is 10.2. The number of carbonyl (C=O) groups excluding carboxylic acids is 2. The standard InChI is InChI=1S/C16H10Cl4O5/c17-9-3-1-4-10(18)13(9)15(21)24-7-23-8-25-16(22)14-11(19)5-2-6-12(14)20/h1-6H,7-8H2. The fraction of sp³-hybridized carbons (Fsp3) is 0.125. The number of esters is 2. The van der Waals surface area contributed by atoms with Gasteiger partial charge in [-0.15, -0.1) is 0 Å². The Labute approximate surface area is 163 Å². The van der Waals surface area contributed by atoms with Gasteiger partial charge in [-0.25, -0.2) is 9.59 Å². The molecule has 0 aliphatic rings. The van der Waals surface area contributed by atoms with Crippen molar-refractivity contribution in [1.29, 1.82) is 0 Å². The van der Waals surface area contributed by atoms with Crippen LogP contribution in [0.5, 0.6) is 0 Å². The van der Waals surface area contributed by atoms with Crippen molar-refractivity contribution >= 4 is 58.3 Å². The van der Waals surface area contributed by atoms with E-state index < -0.39 is 25.5 Å². The van der Waals surface area contributed by atoms with Crippen LogP contribution in [0.3, 0.4) is 0 Å². The zero-order chi connectivity index (χ0) is 18.4. The van der Waals surface area contributed by atoms with Gasteiger partial charge < -0.3 is 14.2 Å². The summed E-state index contributed by atoms with van der Waals surface area (Å²) in [4.78, 5) is 23.8. The highest BCUT2D eigenvalue weighted by atomic mass is 35.5. The van der Waals surface area contributed by atoms with Crippen LogP contribution in [0.1, 0.15) is 20.7 Å². The largest absolute Gasteiger partial charge is 0.435 e. The summed E-state index contributed by atoms with van der Waals surface area (Å²) in [7, 11) is 0. The molecule has 0 aliphatic carbocycles. The Morgan fingerprint density at radius 3 is 1.32 bits per heavy atom. The SMILES string of the molecule is O=C(OCOCOC(=O)c1c(Cl)cccc1Cl)c1c(Cl)cccc1Cl. The monoisotopic (exact) mass is 422 g/mol. The van der Waals surface area contributed by atoms with Gasteiger partial charge >= 0.3 is 11.9 Å². The molecule has 0 aliphatic heterocycles. The number of carbonyl (C=O) groups is 2. The van der Waals surface area contributed by atoms with Crippen molar-refractivity contribution in [2.75, 3.05) is 13.6 Å². The summed E-state index contributed by atoms with van der Waals surface area (Å²) in [6, 6.07) is 9.19. The first-order valence-corrected chi connectivity index (χ1v) is 8.23. The van der Waals surface area contributed by atoms with Gasteiger partial charge in [0.15, 0.2) is 13.6 Å². The summed E-state index contributed by atoms with van der Waals surface area (Å²) >= 11 is 23.5. The van der Waals surface area contributed by atoms with Crippen LogP contribution < -0.4 is 0 Å². The first-order chi connectivity index (χ1) is 11.9. The first-order valence-electron chi connectivity index (χ1n) is 6.72. The zero-order valence-electron chi connectivity index (χ0n) is 12.4. The first kappa shape index (κ1) is 19.8. The van der Waals surface area contributed by atoms with Gasteiger partial charge in [0.05, 0.1) is 31.2 Å². The van der Waals surface area contributed by atoms with E-state index in [9.17, 15) is 9.59 Å². The highest BCUT2D eigenvalue weighted by molar-refractivity contribution is 6.40. The van der Waals surface area contributed by atoms with Crippen molar-refractivity contribution in [2.45, 2.75) is 0 Å². The molecule has 0 fully saturated rings. The van der Waals surface area contributed by atoms with Gasteiger partial charge in [-0.1, -0.05) is 58.5 Å². The minimum absolute atomic E-state index is 0.0225. The second-order valence-electron chi connectivity index (χ2n) is 4.50. The Bertz CT molecular complexity index is 688. The summed E-state index contributed by atoms with van der Waals surface area (Å²) in [6.07, 6.45) is 0. The minimum Gasteiger partial charge on any atom is -0.435 e. The molecule has 132 valence electrons. The van der Waals surface area contributed by atoms with Crippen molar-refractivity contribution < 1.29 is 23.8 Å². The van der Waals surface area contributed by atoms with E-state index in [-0.39, 0.29) is 31.2 Å². The zero-order valence-corrected chi connectivity index (χ0v) is 15.5. The van der Waals surface area contributed by atoms with Crippen LogP contribution in [0.2, 0.25) is 20.1 Å². The third-order valence-electron chi connectivity index (χ3n) is 2.88. The molecule has 0 aromatic heterocycles. The van der Waals surface area contributed by atoms with Gasteiger partial charge in [-0.3, -0.25) is 0 Å². The Balaban J connectivity index is 1.80. The molecule has 0 saturated heterocycles. The molecule has 5 nitrogen and oxygen atoms in total. The number of hydrogen-bond donors (Lipinski definition) is 0. The number of ether oxygens (including phenoxy) is 3. The van der Waals surface area contributed by atoms with Crippen LogP contribution in [-0.4, -0.2) is 25.5 Å². The van der Waals surface area contributed by atoms with Gasteiger partial charge in [0.2, 0.25) is 0 Å². The predicted molar refractivity (Wildman–Crippen MR) is 94.6 cm³/mol. The molecule has 2 aromatic carbocycles. The summed E-state index contributed by atoms with van der Waals surface area (Å²) in [6.45, 7) is -0.937. The highest BCUT2D eigenvalue weighted by Crippen LogP contribution is 2.26. The maximum Gasteiger partial charge on any atom is 0.343 e. The van der Waals surface area contributed by atoms with Gasteiger partial charge in [0.1, 0.15) is 0 Å². The molecular formula is C16H10Cl4O5. The number of hydrogen-bond acceptors (Lipinski definition) is 5. The van der Waals surface area contributed by atoms with Crippen LogP contribution in [-0.2, 0) is 14.2 Å². The molecule has 25 heavy (non-hydrogen) atoms. The lowest BCUT2D eigenvalue weighted by Gasteiger charge is -2.10. The Morgan fingerprint density at radius 2 is 1.00 bits per heavy atom. The third kappa shape index (κ3) is 5.23. The van der Waals surface area contributed by atoms with Gasteiger partial charge in [-0.05, 0) is 24.3 Å². The van der Waals surface area contributed by atoms with Crippen molar-refractivity contribution in [3.05, 3.63) is 67.6 Å². The molecule has 0 spiro atoms. The fourth-order valence-electron chi connectivity index (χ4n) is 1.75. The summed E-state index contributed by atoms with van der Waals surface area (Å²) in [5.41, 5.74) is 0.0450. The maximum atomic E-state index is 11.9. The minimum atomic E-state index is -0.768. The smallest absolute Gasteiger partial charge is 0.343 e. The predicted octanol–water partition coefficient (Wildman–Crippen LogP) is 5.25. The fourth-order valence-corrected chi connectivity index (χ4v) is 2.86. The second-order valence-corrected chi connectivity index (χ2v) is 6.13. The molecular weight excluding hydrogens is 414 g/mol. The van der Waals surface area contributed by atoms with E-state index >= 15 is 0 Å². The molecule has 0 saturated carbocycles. The van der Waals surface area contributed by atoms with Gasteiger partial charge in [0, 0.05) is 0 Å². The van der Waals surface area contributed by atoms with E-state index in [2.05, 4.69) is 0 Å². The van der Waals surface area contributed by atoms with Crippen LogP contribution in [0.4, 0.5) is 0 Å².